The Kier molecular flexibility index (Phi) is 4.66. The highest BCUT2D eigenvalue weighted by Gasteiger charge is 2.35. The van der Waals surface area contributed by atoms with Crippen LogP contribution in [0.25, 0.3) is 0 Å². The van der Waals surface area contributed by atoms with Crippen molar-refractivity contribution in [2.75, 3.05) is 13.1 Å². The molecule has 2 heterocycles. The molecule has 0 spiro atoms. The molecule has 0 aromatic carbocycles. The van der Waals surface area contributed by atoms with E-state index >= 15 is 0 Å². The van der Waals surface area contributed by atoms with Crippen LogP contribution in [0.1, 0.15) is 49.8 Å². The maximum Gasteiger partial charge on any atom is 0.272 e. The van der Waals surface area contributed by atoms with Crippen molar-refractivity contribution in [1.82, 2.24) is 14.7 Å². The van der Waals surface area contributed by atoms with Gasteiger partial charge in [0.05, 0.1) is 10.7 Å². The lowest BCUT2D eigenvalue weighted by Crippen LogP contribution is -2.47. The van der Waals surface area contributed by atoms with E-state index in [1.807, 2.05) is 24.8 Å². The molecule has 0 aliphatic carbocycles. The van der Waals surface area contributed by atoms with Crippen LogP contribution in [0.5, 0.6) is 0 Å². The average molecular weight is 308 g/mol. The number of nitrogens with zero attached hydrogens (tertiary/aromatic N) is 3. The Bertz CT molecular complexity index is 544. The number of carbonyl (C=O) groups excluding carboxylic acids is 1. The molecule has 0 bridgehead atoms. The van der Waals surface area contributed by atoms with Crippen LogP contribution < -0.4 is 5.73 Å². The molecule has 0 saturated carbocycles. The van der Waals surface area contributed by atoms with Gasteiger partial charge in [-0.05, 0) is 32.3 Å². The fraction of sp³-hybridized carbons (Fsp3) is 0.667. The second-order valence-corrected chi connectivity index (χ2v) is 6.35. The largest absolute Gasteiger partial charge is 0.393 e. The first-order valence-electron chi connectivity index (χ1n) is 7.57. The number of likely N-dealkylation sites (tertiary alicyclic amines) is 1. The number of rotatable bonds is 4. The van der Waals surface area contributed by atoms with Gasteiger partial charge in [0.1, 0.15) is 5.69 Å². The monoisotopic (exact) mass is 308 g/mol. The van der Waals surface area contributed by atoms with E-state index in [9.17, 15) is 4.79 Å². The summed E-state index contributed by atoms with van der Waals surface area (Å²) in [6.45, 7) is 8.24. The summed E-state index contributed by atoms with van der Waals surface area (Å²) in [5, 5.41) is 4.45. The standard InChI is InChI=1S/C15H24N4OS/c1-4-11-10-12(19(5-2)17-11)13(20)18-8-6-15(3,7-9-18)14(16)21/h10H,4-9H2,1-3H3,(H2,16,21). The first kappa shape index (κ1) is 15.9. The second-order valence-electron chi connectivity index (χ2n) is 5.91. The van der Waals surface area contributed by atoms with Crippen molar-refractivity contribution in [3.8, 4) is 0 Å². The van der Waals surface area contributed by atoms with Crippen molar-refractivity contribution in [3.05, 3.63) is 17.5 Å². The van der Waals surface area contributed by atoms with Crippen LogP contribution in [0.3, 0.4) is 0 Å². The molecule has 5 nitrogen and oxygen atoms in total. The number of hydrogen-bond acceptors (Lipinski definition) is 3. The molecular formula is C15H24N4OS. The quantitative estimate of drug-likeness (QED) is 0.864. The van der Waals surface area contributed by atoms with Gasteiger partial charge >= 0.3 is 0 Å². The predicted molar refractivity (Wildman–Crippen MR) is 87.3 cm³/mol. The number of nitrogens with two attached hydrogens (primary N) is 1. The van der Waals surface area contributed by atoms with Crippen molar-refractivity contribution in [1.29, 1.82) is 0 Å². The smallest absolute Gasteiger partial charge is 0.272 e. The third-order valence-corrected chi connectivity index (χ3v) is 4.95. The molecule has 1 amide bonds. The predicted octanol–water partition coefficient (Wildman–Crippen LogP) is 1.99. The molecule has 1 aromatic rings. The van der Waals surface area contributed by atoms with Crippen LogP contribution in [0, 0.1) is 5.41 Å². The molecule has 21 heavy (non-hydrogen) atoms. The SMILES string of the molecule is CCc1cc(C(=O)N2CCC(C)(C(N)=S)CC2)n(CC)n1. The van der Waals surface area contributed by atoms with Crippen LogP contribution in [0.4, 0.5) is 0 Å². The van der Waals surface area contributed by atoms with E-state index in [2.05, 4.69) is 12.0 Å². The van der Waals surface area contributed by atoms with Crippen molar-refractivity contribution >= 4 is 23.1 Å². The molecule has 1 aliphatic heterocycles. The summed E-state index contributed by atoms with van der Waals surface area (Å²) in [7, 11) is 0. The van der Waals surface area contributed by atoms with E-state index in [1.54, 1.807) is 4.68 Å². The number of thiocarbonyl (C=S) groups is 1. The lowest BCUT2D eigenvalue weighted by Gasteiger charge is -2.38. The highest BCUT2D eigenvalue weighted by atomic mass is 32.1. The summed E-state index contributed by atoms with van der Waals surface area (Å²) in [6, 6.07) is 1.91. The van der Waals surface area contributed by atoms with Gasteiger partial charge in [0.15, 0.2) is 0 Å². The summed E-state index contributed by atoms with van der Waals surface area (Å²) < 4.78 is 1.79. The van der Waals surface area contributed by atoms with Crippen LogP contribution in [0.15, 0.2) is 6.07 Å². The summed E-state index contributed by atoms with van der Waals surface area (Å²) in [5.41, 5.74) is 7.35. The minimum absolute atomic E-state index is 0.0639. The Balaban J connectivity index is 2.12. The maximum atomic E-state index is 12.7. The Morgan fingerprint density at radius 1 is 1.43 bits per heavy atom. The maximum absolute atomic E-state index is 12.7. The Labute approximate surface area is 131 Å². The lowest BCUT2D eigenvalue weighted by molar-refractivity contribution is 0.0658. The number of aromatic nitrogens is 2. The third-order valence-electron chi connectivity index (χ3n) is 4.46. The summed E-state index contributed by atoms with van der Waals surface area (Å²) >= 11 is 5.15. The van der Waals surface area contributed by atoms with Crippen LogP contribution in [-0.4, -0.2) is 38.7 Å². The highest BCUT2D eigenvalue weighted by molar-refractivity contribution is 7.80. The molecule has 1 aliphatic rings. The van der Waals surface area contributed by atoms with Gasteiger partial charge < -0.3 is 10.6 Å². The number of hydrogen-bond donors (Lipinski definition) is 1. The van der Waals surface area contributed by atoms with E-state index in [-0.39, 0.29) is 11.3 Å². The van der Waals surface area contributed by atoms with Gasteiger partial charge in [-0.25, -0.2) is 0 Å². The summed E-state index contributed by atoms with van der Waals surface area (Å²) in [6.07, 6.45) is 2.50. The van der Waals surface area contributed by atoms with Gasteiger partial charge in [-0.1, -0.05) is 26.1 Å². The Morgan fingerprint density at radius 3 is 2.52 bits per heavy atom. The number of amides is 1. The average Bonchev–Trinajstić information content (AvgIpc) is 2.90. The molecule has 0 atom stereocenters. The van der Waals surface area contributed by atoms with E-state index in [0.29, 0.717) is 30.3 Å². The van der Waals surface area contributed by atoms with Crippen molar-refractivity contribution in [2.45, 2.75) is 46.6 Å². The zero-order valence-corrected chi connectivity index (χ0v) is 13.9. The van der Waals surface area contributed by atoms with Gasteiger partial charge in [-0.2, -0.15) is 5.10 Å². The summed E-state index contributed by atoms with van der Waals surface area (Å²) in [4.78, 5) is 15.1. The number of piperidine rings is 1. The zero-order valence-electron chi connectivity index (χ0n) is 13.1. The van der Waals surface area contributed by atoms with Gasteiger partial charge in [0, 0.05) is 25.0 Å². The van der Waals surface area contributed by atoms with E-state index < -0.39 is 0 Å². The third kappa shape index (κ3) is 3.10. The van der Waals surface area contributed by atoms with E-state index in [4.69, 9.17) is 18.0 Å². The molecule has 1 saturated heterocycles. The van der Waals surface area contributed by atoms with Crippen LogP contribution >= 0.6 is 12.2 Å². The van der Waals surface area contributed by atoms with Gasteiger partial charge in [0.25, 0.3) is 5.91 Å². The van der Waals surface area contributed by atoms with Crippen LogP contribution in [-0.2, 0) is 13.0 Å². The fourth-order valence-corrected chi connectivity index (χ4v) is 2.87. The van der Waals surface area contributed by atoms with Crippen LogP contribution in [0.2, 0.25) is 0 Å². The van der Waals surface area contributed by atoms with E-state index in [0.717, 1.165) is 25.0 Å². The topological polar surface area (TPSA) is 64.2 Å². The van der Waals surface area contributed by atoms with Gasteiger partial charge in [0.2, 0.25) is 0 Å². The normalized spacial score (nSPS) is 17.8. The zero-order chi connectivity index (χ0) is 15.6. The van der Waals surface area contributed by atoms with Gasteiger partial charge in [-0.3, -0.25) is 9.48 Å². The van der Waals surface area contributed by atoms with E-state index in [1.165, 1.54) is 0 Å². The molecule has 2 N–H and O–H groups in total. The minimum atomic E-state index is -0.119. The molecule has 1 fully saturated rings. The Morgan fingerprint density at radius 2 is 2.05 bits per heavy atom. The molecule has 6 heteroatoms. The Hall–Kier alpha value is -1.43. The molecule has 1 aromatic heterocycles. The molecule has 2 rings (SSSR count). The molecular weight excluding hydrogens is 284 g/mol. The van der Waals surface area contributed by atoms with Crippen molar-refractivity contribution < 1.29 is 4.79 Å². The van der Waals surface area contributed by atoms with Crippen molar-refractivity contribution in [2.24, 2.45) is 11.1 Å². The molecule has 0 radical (unpaired) electrons. The fourth-order valence-electron chi connectivity index (χ4n) is 2.67. The first-order valence-corrected chi connectivity index (χ1v) is 7.98. The summed E-state index contributed by atoms with van der Waals surface area (Å²) in [5.74, 6) is 0.0639. The highest BCUT2D eigenvalue weighted by Crippen LogP contribution is 2.31. The second kappa shape index (κ2) is 6.13. The molecule has 116 valence electrons. The lowest BCUT2D eigenvalue weighted by atomic mass is 9.80. The number of aryl methyl sites for hydroxylation is 2. The molecule has 0 unspecified atom stereocenters. The van der Waals surface area contributed by atoms with Gasteiger partial charge in [-0.15, -0.1) is 0 Å². The minimum Gasteiger partial charge on any atom is -0.393 e. The first-order chi connectivity index (χ1) is 9.91. The number of carbonyl (C=O) groups is 1. The van der Waals surface area contributed by atoms with Crippen molar-refractivity contribution in [3.63, 3.8) is 0 Å².